The molecule has 5 heteroatoms. The Morgan fingerprint density at radius 1 is 1.00 bits per heavy atom. The second-order valence-electron chi connectivity index (χ2n) is 7.30. The van der Waals surface area contributed by atoms with Crippen molar-refractivity contribution in [3.8, 4) is 16.9 Å². The minimum Gasteiger partial charge on any atom is -0.496 e. The summed E-state index contributed by atoms with van der Waals surface area (Å²) in [5.74, 6) is 1.89. The van der Waals surface area contributed by atoms with E-state index in [4.69, 9.17) is 16.3 Å². The van der Waals surface area contributed by atoms with Crippen molar-refractivity contribution in [1.29, 1.82) is 0 Å². The predicted molar refractivity (Wildman–Crippen MR) is 124 cm³/mol. The Balaban J connectivity index is 1.60. The molecule has 0 saturated heterocycles. The standard InChI is InChI=1S/C25H24ClN3O/c1-17(18-7-10-22(11-8-18)28-25-27-13-14-29(25)2)19-9-12-24(30-3)23(16-19)20-5-4-6-21(26)15-20/h4-17H,1-3H3,(H,27,28). The van der Waals surface area contributed by atoms with E-state index >= 15 is 0 Å². The lowest BCUT2D eigenvalue weighted by Gasteiger charge is -2.17. The average molecular weight is 418 g/mol. The summed E-state index contributed by atoms with van der Waals surface area (Å²) in [7, 11) is 3.66. The van der Waals surface area contributed by atoms with Gasteiger partial charge in [0, 0.05) is 41.6 Å². The molecule has 0 bridgehead atoms. The highest BCUT2D eigenvalue weighted by atomic mass is 35.5. The van der Waals surface area contributed by atoms with Crippen LogP contribution in [0.1, 0.15) is 24.0 Å². The van der Waals surface area contributed by atoms with Gasteiger partial charge >= 0.3 is 0 Å². The molecule has 0 aliphatic carbocycles. The van der Waals surface area contributed by atoms with Crippen molar-refractivity contribution in [2.24, 2.45) is 7.05 Å². The Labute approximate surface area is 182 Å². The van der Waals surface area contributed by atoms with Gasteiger partial charge in [-0.3, -0.25) is 0 Å². The van der Waals surface area contributed by atoms with E-state index in [2.05, 4.69) is 59.7 Å². The van der Waals surface area contributed by atoms with Gasteiger partial charge in [0.2, 0.25) is 5.95 Å². The summed E-state index contributed by atoms with van der Waals surface area (Å²) in [5, 5.41) is 4.04. The molecule has 30 heavy (non-hydrogen) atoms. The first kappa shape index (κ1) is 20.0. The molecule has 0 saturated carbocycles. The first-order valence-electron chi connectivity index (χ1n) is 9.83. The lowest BCUT2D eigenvalue weighted by molar-refractivity contribution is 0.416. The number of ether oxygens (including phenoxy) is 1. The maximum absolute atomic E-state index is 6.21. The highest BCUT2D eigenvalue weighted by Crippen LogP contribution is 2.36. The van der Waals surface area contributed by atoms with Gasteiger partial charge in [-0.25, -0.2) is 4.98 Å². The van der Waals surface area contributed by atoms with Crippen molar-refractivity contribution >= 4 is 23.2 Å². The molecular weight excluding hydrogens is 394 g/mol. The van der Waals surface area contributed by atoms with E-state index in [9.17, 15) is 0 Å². The summed E-state index contributed by atoms with van der Waals surface area (Å²) in [5.41, 5.74) is 5.55. The van der Waals surface area contributed by atoms with Crippen molar-refractivity contribution in [3.63, 3.8) is 0 Å². The Morgan fingerprint density at radius 3 is 2.43 bits per heavy atom. The molecule has 0 spiro atoms. The fourth-order valence-corrected chi connectivity index (χ4v) is 3.73. The topological polar surface area (TPSA) is 39.1 Å². The second-order valence-corrected chi connectivity index (χ2v) is 7.74. The first-order chi connectivity index (χ1) is 14.5. The van der Waals surface area contributed by atoms with Crippen LogP contribution in [-0.4, -0.2) is 16.7 Å². The van der Waals surface area contributed by atoms with Gasteiger partial charge in [0.15, 0.2) is 0 Å². The molecule has 1 heterocycles. The largest absolute Gasteiger partial charge is 0.496 e. The van der Waals surface area contributed by atoms with Crippen LogP contribution >= 0.6 is 11.6 Å². The summed E-state index contributed by atoms with van der Waals surface area (Å²) in [6.45, 7) is 2.21. The summed E-state index contributed by atoms with van der Waals surface area (Å²) < 4.78 is 7.55. The van der Waals surface area contributed by atoms with Crippen LogP contribution < -0.4 is 10.1 Å². The van der Waals surface area contributed by atoms with Gasteiger partial charge in [-0.1, -0.05) is 48.9 Å². The molecule has 0 aliphatic heterocycles. The van der Waals surface area contributed by atoms with Crippen LogP contribution in [0, 0.1) is 0 Å². The van der Waals surface area contributed by atoms with Gasteiger partial charge < -0.3 is 14.6 Å². The lowest BCUT2D eigenvalue weighted by Crippen LogP contribution is -2.00. The van der Waals surface area contributed by atoms with Crippen molar-refractivity contribution < 1.29 is 4.74 Å². The Morgan fingerprint density at radius 2 is 1.77 bits per heavy atom. The molecule has 0 fully saturated rings. The molecule has 152 valence electrons. The summed E-state index contributed by atoms with van der Waals surface area (Å²) in [6.07, 6.45) is 3.69. The number of nitrogens with one attached hydrogen (secondary N) is 1. The molecule has 0 aliphatic rings. The van der Waals surface area contributed by atoms with Gasteiger partial charge in [-0.15, -0.1) is 0 Å². The molecule has 1 unspecified atom stereocenters. The van der Waals surface area contributed by atoms with Crippen molar-refractivity contribution in [3.05, 3.63) is 95.3 Å². The van der Waals surface area contributed by atoms with Crippen LogP contribution in [0.2, 0.25) is 5.02 Å². The molecule has 3 aromatic carbocycles. The van der Waals surface area contributed by atoms with Crippen LogP contribution in [0.4, 0.5) is 11.6 Å². The minimum atomic E-state index is 0.232. The Kier molecular flexibility index (Phi) is 5.77. The van der Waals surface area contributed by atoms with E-state index in [0.29, 0.717) is 5.02 Å². The zero-order valence-corrected chi connectivity index (χ0v) is 18.0. The summed E-state index contributed by atoms with van der Waals surface area (Å²) in [6, 6.07) is 22.7. The fraction of sp³-hybridized carbons (Fsp3) is 0.160. The molecule has 0 amide bonds. The van der Waals surface area contributed by atoms with Gasteiger partial charge in [-0.05, 0) is 53.1 Å². The number of hydrogen-bond acceptors (Lipinski definition) is 3. The fourth-order valence-electron chi connectivity index (χ4n) is 3.54. The summed E-state index contributed by atoms with van der Waals surface area (Å²) >= 11 is 6.21. The van der Waals surface area contributed by atoms with Crippen LogP contribution in [0.25, 0.3) is 11.1 Å². The van der Waals surface area contributed by atoms with Crippen LogP contribution in [-0.2, 0) is 7.05 Å². The van der Waals surface area contributed by atoms with Crippen molar-refractivity contribution in [1.82, 2.24) is 9.55 Å². The van der Waals surface area contributed by atoms with E-state index in [1.807, 2.05) is 42.1 Å². The normalized spacial score (nSPS) is 11.9. The number of aryl methyl sites for hydroxylation is 1. The van der Waals surface area contributed by atoms with Crippen LogP contribution in [0.3, 0.4) is 0 Å². The monoisotopic (exact) mass is 417 g/mol. The minimum absolute atomic E-state index is 0.232. The summed E-state index contributed by atoms with van der Waals surface area (Å²) in [4.78, 5) is 4.31. The average Bonchev–Trinajstić information content (AvgIpc) is 3.17. The number of anilines is 2. The first-order valence-corrected chi connectivity index (χ1v) is 10.2. The van der Waals surface area contributed by atoms with Crippen LogP contribution in [0.15, 0.2) is 79.1 Å². The third-order valence-electron chi connectivity index (χ3n) is 5.35. The van der Waals surface area contributed by atoms with E-state index in [1.54, 1.807) is 13.3 Å². The number of nitrogens with zero attached hydrogens (tertiary/aromatic N) is 2. The highest BCUT2D eigenvalue weighted by molar-refractivity contribution is 6.30. The molecular formula is C25H24ClN3O. The van der Waals surface area contributed by atoms with Crippen molar-refractivity contribution in [2.75, 3.05) is 12.4 Å². The number of methoxy groups -OCH3 is 1. The number of rotatable bonds is 6. The molecule has 1 atom stereocenters. The van der Waals surface area contributed by atoms with E-state index < -0.39 is 0 Å². The SMILES string of the molecule is COc1ccc(C(C)c2ccc(Nc3nccn3C)cc2)cc1-c1cccc(Cl)c1. The number of imidazole rings is 1. The zero-order valence-electron chi connectivity index (χ0n) is 17.3. The third-order valence-corrected chi connectivity index (χ3v) is 5.58. The maximum Gasteiger partial charge on any atom is 0.207 e. The smallest absolute Gasteiger partial charge is 0.207 e. The van der Waals surface area contributed by atoms with Crippen molar-refractivity contribution in [2.45, 2.75) is 12.8 Å². The molecule has 1 aromatic heterocycles. The molecule has 1 N–H and O–H groups in total. The van der Waals surface area contributed by atoms with Gasteiger partial charge in [-0.2, -0.15) is 0 Å². The highest BCUT2D eigenvalue weighted by Gasteiger charge is 2.13. The predicted octanol–water partition coefficient (Wildman–Crippen LogP) is 6.64. The Hall–Kier alpha value is -3.24. The maximum atomic E-state index is 6.21. The lowest BCUT2D eigenvalue weighted by atomic mass is 9.90. The van der Waals surface area contributed by atoms with Gasteiger partial charge in [0.25, 0.3) is 0 Å². The molecule has 4 aromatic rings. The van der Waals surface area contributed by atoms with E-state index in [1.165, 1.54) is 11.1 Å². The van der Waals surface area contributed by atoms with Crippen LogP contribution in [0.5, 0.6) is 5.75 Å². The van der Waals surface area contributed by atoms with E-state index in [-0.39, 0.29) is 5.92 Å². The second kappa shape index (κ2) is 8.64. The van der Waals surface area contributed by atoms with E-state index in [0.717, 1.165) is 28.5 Å². The number of hydrogen-bond donors (Lipinski definition) is 1. The quantitative estimate of drug-likeness (QED) is 0.382. The molecule has 4 rings (SSSR count). The third kappa shape index (κ3) is 4.19. The molecule has 0 radical (unpaired) electrons. The number of aromatic nitrogens is 2. The zero-order chi connectivity index (χ0) is 21.1. The number of halogens is 1. The molecule has 4 nitrogen and oxygen atoms in total. The number of benzene rings is 3. The van der Waals surface area contributed by atoms with Gasteiger partial charge in [0.05, 0.1) is 7.11 Å². The Bertz CT molecular complexity index is 1150. The van der Waals surface area contributed by atoms with Gasteiger partial charge in [0.1, 0.15) is 5.75 Å².